The third kappa shape index (κ3) is 3.29. The third-order valence-electron chi connectivity index (χ3n) is 1.74. The topological polar surface area (TPSA) is 38.3 Å². The normalized spacial score (nSPS) is 10.3. The van der Waals surface area contributed by atoms with Gasteiger partial charge in [-0.15, -0.1) is 0 Å². The van der Waals surface area contributed by atoms with Crippen LogP contribution >= 0.6 is 11.6 Å². The van der Waals surface area contributed by atoms with Crippen molar-refractivity contribution in [3.05, 3.63) is 35.4 Å². The van der Waals surface area contributed by atoms with Crippen molar-refractivity contribution >= 4 is 23.2 Å². The van der Waals surface area contributed by atoms with E-state index in [-0.39, 0.29) is 5.91 Å². The molecule has 0 unspecified atom stereocenters. The minimum Gasteiger partial charge on any atom is -0.495 e. The van der Waals surface area contributed by atoms with Crippen LogP contribution in [0.2, 0.25) is 5.02 Å². The quantitative estimate of drug-likeness (QED) is 0.804. The van der Waals surface area contributed by atoms with Gasteiger partial charge in [-0.1, -0.05) is 17.7 Å². The molecular formula is C11H12ClNO2. The van der Waals surface area contributed by atoms with E-state index in [0.717, 1.165) is 0 Å². The van der Waals surface area contributed by atoms with E-state index in [1.807, 2.05) is 0 Å². The highest BCUT2D eigenvalue weighted by molar-refractivity contribution is 6.32. The molecule has 0 aliphatic carbocycles. The number of ether oxygens (including phenoxy) is 1. The highest BCUT2D eigenvalue weighted by Crippen LogP contribution is 2.27. The Bertz CT molecular complexity index is 388. The second kappa shape index (κ2) is 5.41. The molecule has 4 heteroatoms. The number of rotatable bonds is 3. The first-order chi connectivity index (χ1) is 7.17. The number of halogens is 1. The Morgan fingerprint density at radius 2 is 2.27 bits per heavy atom. The average molecular weight is 226 g/mol. The van der Waals surface area contributed by atoms with E-state index in [4.69, 9.17) is 16.3 Å². The Balaban J connectivity index is 2.83. The van der Waals surface area contributed by atoms with Crippen LogP contribution in [0.3, 0.4) is 0 Å². The minimum atomic E-state index is -0.179. The number of hydrogen-bond donors (Lipinski definition) is 1. The number of methoxy groups -OCH3 is 1. The van der Waals surface area contributed by atoms with E-state index < -0.39 is 0 Å². The molecule has 0 aromatic heterocycles. The second-order valence-electron chi connectivity index (χ2n) is 2.84. The molecule has 1 N–H and O–H groups in total. The van der Waals surface area contributed by atoms with Gasteiger partial charge in [0, 0.05) is 11.8 Å². The summed E-state index contributed by atoms with van der Waals surface area (Å²) in [5.74, 6) is 0.358. The van der Waals surface area contributed by atoms with Gasteiger partial charge in [0.15, 0.2) is 0 Å². The summed E-state index contributed by atoms with van der Waals surface area (Å²) in [6.07, 6.45) is 3.11. The lowest BCUT2D eigenvalue weighted by Gasteiger charge is -2.06. The van der Waals surface area contributed by atoms with Crippen molar-refractivity contribution in [1.29, 1.82) is 0 Å². The van der Waals surface area contributed by atoms with Crippen LogP contribution in [-0.2, 0) is 4.79 Å². The largest absolute Gasteiger partial charge is 0.495 e. The van der Waals surface area contributed by atoms with E-state index in [0.29, 0.717) is 16.5 Å². The first-order valence-electron chi connectivity index (χ1n) is 4.44. The second-order valence-corrected chi connectivity index (χ2v) is 3.25. The van der Waals surface area contributed by atoms with Gasteiger partial charge in [0.1, 0.15) is 5.75 Å². The molecule has 1 amide bonds. The van der Waals surface area contributed by atoms with Crippen LogP contribution in [0.25, 0.3) is 0 Å². The molecule has 0 spiro atoms. The fourth-order valence-electron chi connectivity index (χ4n) is 1.07. The molecule has 1 aromatic rings. The van der Waals surface area contributed by atoms with Crippen LogP contribution in [0.4, 0.5) is 5.69 Å². The van der Waals surface area contributed by atoms with Gasteiger partial charge >= 0.3 is 0 Å². The molecule has 0 fully saturated rings. The SMILES string of the molecule is C/C=C/C(=O)Nc1ccc(Cl)c(OC)c1. The predicted octanol–water partition coefficient (Wildman–Crippen LogP) is 2.86. The maximum absolute atomic E-state index is 11.2. The number of carbonyl (C=O) groups excluding carboxylic acids is 1. The number of nitrogens with one attached hydrogen (secondary N) is 1. The van der Waals surface area contributed by atoms with Gasteiger partial charge in [-0.05, 0) is 25.1 Å². The summed E-state index contributed by atoms with van der Waals surface area (Å²) < 4.78 is 5.03. The Morgan fingerprint density at radius 1 is 1.53 bits per heavy atom. The Kier molecular flexibility index (Phi) is 4.18. The van der Waals surface area contributed by atoms with Crippen molar-refractivity contribution in [3.8, 4) is 5.75 Å². The van der Waals surface area contributed by atoms with Gasteiger partial charge in [0.2, 0.25) is 5.91 Å². The summed E-state index contributed by atoms with van der Waals surface area (Å²) in [5.41, 5.74) is 0.652. The van der Waals surface area contributed by atoms with E-state index in [9.17, 15) is 4.79 Å². The van der Waals surface area contributed by atoms with Crippen LogP contribution in [0.5, 0.6) is 5.75 Å². The Hall–Kier alpha value is -1.48. The summed E-state index contributed by atoms with van der Waals surface area (Å²) in [6, 6.07) is 5.06. The summed E-state index contributed by atoms with van der Waals surface area (Å²) in [5, 5.41) is 3.20. The van der Waals surface area contributed by atoms with Crippen LogP contribution in [0.15, 0.2) is 30.4 Å². The maximum atomic E-state index is 11.2. The highest BCUT2D eigenvalue weighted by Gasteiger charge is 2.03. The van der Waals surface area contributed by atoms with Crippen molar-refractivity contribution in [1.82, 2.24) is 0 Å². The molecule has 0 saturated heterocycles. The zero-order valence-electron chi connectivity index (χ0n) is 8.58. The first-order valence-corrected chi connectivity index (χ1v) is 4.82. The number of allylic oxidation sites excluding steroid dienone is 1. The molecule has 0 radical (unpaired) electrons. The summed E-state index contributed by atoms with van der Waals surface area (Å²) in [7, 11) is 1.53. The lowest BCUT2D eigenvalue weighted by Crippen LogP contribution is -2.07. The van der Waals surface area contributed by atoms with Gasteiger partial charge in [0.05, 0.1) is 12.1 Å². The Morgan fingerprint density at radius 3 is 2.87 bits per heavy atom. The molecular weight excluding hydrogens is 214 g/mol. The molecule has 0 aliphatic rings. The number of hydrogen-bond acceptors (Lipinski definition) is 2. The molecule has 80 valence electrons. The standard InChI is InChI=1S/C11H12ClNO2/c1-3-4-11(14)13-8-5-6-9(12)10(7-8)15-2/h3-7H,1-2H3,(H,13,14)/b4-3+. The van der Waals surface area contributed by atoms with Crippen molar-refractivity contribution in [2.24, 2.45) is 0 Å². The smallest absolute Gasteiger partial charge is 0.248 e. The van der Waals surface area contributed by atoms with Gasteiger partial charge in [-0.2, -0.15) is 0 Å². The summed E-state index contributed by atoms with van der Waals surface area (Å²) >= 11 is 5.84. The fraction of sp³-hybridized carbons (Fsp3) is 0.182. The molecule has 1 aromatic carbocycles. The lowest BCUT2D eigenvalue weighted by molar-refractivity contribution is -0.111. The number of carbonyl (C=O) groups is 1. The van der Waals surface area contributed by atoms with E-state index in [1.54, 1.807) is 31.2 Å². The van der Waals surface area contributed by atoms with E-state index in [1.165, 1.54) is 13.2 Å². The van der Waals surface area contributed by atoms with Crippen molar-refractivity contribution in [2.45, 2.75) is 6.92 Å². The summed E-state index contributed by atoms with van der Waals surface area (Å²) in [4.78, 5) is 11.2. The van der Waals surface area contributed by atoms with Crippen LogP contribution in [0.1, 0.15) is 6.92 Å². The zero-order valence-corrected chi connectivity index (χ0v) is 9.34. The number of anilines is 1. The zero-order chi connectivity index (χ0) is 11.3. The highest BCUT2D eigenvalue weighted by atomic mass is 35.5. The minimum absolute atomic E-state index is 0.179. The van der Waals surface area contributed by atoms with Gasteiger partial charge in [-0.25, -0.2) is 0 Å². The molecule has 0 atom stereocenters. The van der Waals surface area contributed by atoms with Gasteiger partial charge in [-0.3, -0.25) is 4.79 Å². The molecule has 0 aliphatic heterocycles. The maximum Gasteiger partial charge on any atom is 0.248 e. The first kappa shape index (κ1) is 11.6. The van der Waals surface area contributed by atoms with E-state index in [2.05, 4.69) is 5.32 Å². The van der Waals surface area contributed by atoms with E-state index >= 15 is 0 Å². The fourth-order valence-corrected chi connectivity index (χ4v) is 1.27. The number of benzene rings is 1. The van der Waals surface area contributed by atoms with Crippen LogP contribution in [0, 0.1) is 0 Å². The number of amides is 1. The van der Waals surface area contributed by atoms with Crippen LogP contribution < -0.4 is 10.1 Å². The monoisotopic (exact) mass is 225 g/mol. The Labute approximate surface area is 93.7 Å². The summed E-state index contributed by atoms with van der Waals surface area (Å²) in [6.45, 7) is 1.78. The lowest BCUT2D eigenvalue weighted by atomic mass is 10.3. The third-order valence-corrected chi connectivity index (χ3v) is 2.05. The predicted molar refractivity (Wildman–Crippen MR) is 61.4 cm³/mol. The molecule has 0 bridgehead atoms. The molecule has 15 heavy (non-hydrogen) atoms. The van der Waals surface area contributed by atoms with Crippen molar-refractivity contribution in [2.75, 3.05) is 12.4 Å². The van der Waals surface area contributed by atoms with Gasteiger partial charge in [0.25, 0.3) is 0 Å². The average Bonchev–Trinajstić information content (AvgIpc) is 2.21. The van der Waals surface area contributed by atoms with Crippen LogP contribution in [-0.4, -0.2) is 13.0 Å². The van der Waals surface area contributed by atoms with Crippen molar-refractivity contribution in [3.63, 3.8) is 0 Å². The van der Waals surface area contributed by atoms with Crippen molar-refractivity contribution < 1.29 is 9.53 Å². The molecule has 1 rings (SSSR count). The molecule has 0 saturated carbocycles. The molecule has 3 nitrogen and oxygen atoms in total. The molecule has 0 heterocycles. The van der Waals surface area contributed by atoms with Gasteiger partial charge < -0.3 is 10.1 Å².